The molecular formula is CH6B4NP. The zero-order valence-electron chi connectivity index (χ0n) is 4.39. The van der Waals surface area contributed by atoms with Crippen molar-refractivity contribution >= 4 is 36.5 Å². The van der Waals surface area contributed by atoms with Gasteiger partial charge in [0.05, 0.1) is 0 Å². The number of hydrogen-bond acceptors (Lipinski definition) is 1. The van der Waals surface area contributed by atoms with Gasteiger partial charge in [0.15, 0.2) is 0 Å². The van der Waals surface area contributed by atoms with E-state index in [-0.39, 0.29) is 6.39 Å². The summed E-state index contributed by atoms with van der Waals surface area (Å²) >= 11 is 0. The van der Waals surface area contributed by atoms with Gasteiger partial charge in [-0.15, -0.1) is 0 Å². The molecular weight excluding hydrogens is 100 g/mol. The molecule has 0 aromatic carbocycles. The first-order valence-corrected chi connectivity index (χ1v) is 2.87. The van der Waals surface area contributed by atoms with Crippen LogP contribution < -0.4 is 0 Å². The van der Waals surface area contributed by atoms with Gasteiger partial charge >= 0.3 is 48.7 Å². The van der Waals surface area contributed by atoms with Crippen molar-refractivity contribution in [2.45, 2.75) is 6.82 Å². The first-order valence-electron chi connectivity index (χ1n) is 2.20. The van der Waals surface area contributed by atoms with Crippen LogP contribution in [0.25, 0.3) is 0 Å². The van der Waals surface area contributed by atoms with E-state index in [0.29, 0.717) is 6.32 Å². The van der Waals surface area contributed by atoms with Gasteiger partial charge in [-0.25, -0.2) is 0 Å². The van der Waals surface area contributed by atoms with Crippen LogP contribution >= 0.6 is 9.12 Å². The van der Waals surface area contributed by atoms with E-state index in [1.165, 1.54) is 6.96 Å². The summed E-state index contributed by atoms with van der Waals surface area (Å²) in [7, 11) is 7.89. The van der Waals surface area contributed by atoms with Crippen molar-refractivity contribution < 1.29 is 0 Å². The van der Waals surface area contributed by atoms with Crippen LogP contribution in [-0.2, 0) is 0 Å². The summed E-state index contributed by atoms with van der Waals surface area (Å²) in [6.45, 7) is 3.21. The Kier molecular flexibility index (Phi) is 3.73. The van der Waals surface area contributed by atoms with Crippen molar-refractivity contribution in [3.63, 3.8) is 0 Å². The molecule has 2 radical (unpaired) electrons. The molecule has 0 amide bonds. The number of nitrogens with one attached hydrogen (secondary N) is 1. The van der Waals surface area contributed by atoms with Crippen molar-refractivity contribution in [1.82, 2.24) is 0 Å². The van der Waals surface area contributed by atoms with Gasteiger partial charge in [-0.3, -0.25) is 0 Å². The van der Waals surface area contributed by atoms with Gasteiger partial charge in [0.2, 0.25) is 0 Å². The summed E-state index contributed by atoms with van der Waals surface area (Å²) < 4.78 is 0. The molecule has 0 aliphatic rings. The molecule has 0 heterocycles. The molecule has 0 aliphatic heterocycles. The Bertz CT molecular complexity index is 64.7. The van der Waals surface area contributed by atoms with Crippen LogP contribution in [0.2, 0.25) is 6.82 Å². The zero-order chi connectivity index (χ0) is 5.86. The van der Waals surface area contributed by atoms with E-state index in [0.717, 1.165) is 0 Å². The molecule has 0 aliphatic carbocycles. The molecule has 0 spiro atoms. The summed E-state index contributed by atoms with van der Waals surface area (Å²) in [4.78, 5) is 0. The molecule has 0 rings (SSSR count). The van der Waals surface area contributed by atoms with Gasteiger partial charge in [-0.1, -0.05) is 0 Å². The van der Waals surface area contributed by atoms with Crippen LogP contribution in [0.15, 0.2) is 0 Å². The van der Waals surface area contributed by atoms with Gasteiger partial charge in [0, 0.05) is 0 Å². The van der Waals surface area contributed by atoms with E-state index in [1.807, 2.05) is 6.82 Å². The van der Waals surface area contributed by atoms with Crippen molar-refractivity contribution in [2.24, 2.45) is 0 Å². The molecule has 1 atom stereocenters. The van der Waals surface area contributed by atoms with Crippen LogP contribution in [0, 0.1) is 5.31 Å². The first kappa shape index (κ1) is 7.49. The molecule has 0 saturated carbocycles. The first-order chi connectivity index (χ1) is 3.18. The van der Waals surface area contributed by atoms with E-state index >= 15 is 0 Å². The summed E-state index contributed by atoms with van der Waals surface area (Å²) in [5.41, 5.74) is 0. The van der Waals surface area contributed by atoms with E-state index < -0.39 is 0 Å². The van der Waals surface area contributed by atoms with Crippen molar-refractivity contribution in [3.05, 3.63) is 0 Å². The minimum atomic E-state index is -0.0926. The molecule has 1 unspecified atom stereocenters. The molecule has 0 bridgehead atoms. The second-order valence-corrected chi connectivity index (χ2v) is 2.65. The van der Waals surface area contributed by atoms with Crippen LogP contribution in [0.1, 0.15) is 0 Å². The summed E-state index contributed by atoms with van der Waals surface area (Å²) in [6, 6.07) is 0. The van der Waals surface area contributed by atoms with Gasteiger partial charge in [-0.05, 0) is 0 Å². The average molecular weight is 106 g/mol. The quantitative estimate of drug-likeness (QED) is 0.369. The summed E-state index contributed by atoms with van der Waals surface area (Å²) in [5, 5.41) is 6.68. The predicted octanol–water partition coefficient (Wildman–Crippen LogP) is -0.316. The topological polar surface area (TPSA) is 23.9 Å². The Morgan fingerprint density at radius 3 is 2.29 bits per heavy atom. The van der Waals surface area contributed by atoms with Crippen molar-refractivity contribution in [3.8, 4) is 0 Å². The van der Waals surface area contributed by atoms with Crippen molar-refractivity contribution in [1.29, 1.82) is 5.31 Å². The average Bonchev–Trinajstić information content (AvgIpc) is 1.65. The Labute approximate surface area is 49.4 Å². The number of hydrogen-bond donors (Lipinski definition) is 1. The minimum absolute atomic E-state index is 0.0926. The fourth-order valence-corrected chi connectivity index (χ4v) is 0.263. The Morgan fingerprint density at radius 1 is 1.86 bits per heavy atom. The fourth-order valence-electron chi connectivity index (χ4n) is 0.152. The van der Waals surface area contributed by atoms with Gasteiger partial charge in [-0.2, -0.15) is 0 Å². The second kappa shape index (κ2) is 3.49. The monoisotopic (exact) mass is 107 g/mol. The van der Waals surface area contributed by atoms with Crippen LogP contribution in [-0.4, -0.2) is 27.4 Å². The Hall–Kier alpha value is 0.490. The van der Waals surface area contributed by atoms with E-state index in [9.17, 15) is 0 Å². The van der Waals surface area contributed by atoms with Crippen LogP contribution in [0.5, 0.6) is 0 Å². The predicted molar refractivity (Wildman–Crippen MR) is 41.3 cm³/mol. The molecule has 0 aromatic rings. The Morgan fingerprint density at radius 2 is 2.29 bits per heavy atom. The third-order valence-electron chi connectivity index (χ3n) is 0.800. The molecule has 1 nitrogen and oxygen atoms in total. The Balaban J connectivity index is 3.33. The third-order valence-corrected chi connectivity index (χ3v) is 1.24. The standard InChI is InChI=1S/CH6B4NP/c1-4(7)5(2)3-6/h6H,7H2,1H3. The zero-order valence-corrected chi connectivity index (χ0v) is 5.54. The molecule has 7 heavy (non-hydrogen) atoms. The number of rotatable bonds is 2. The molecule has 1 N–H and O–H groups in total. The molecule has 0 fully saturated rings. The van der Waals surface area contributed by atoms with Gasteiger partial charge in [0.25, 0.3) is 0 Å². The third kappa shape index (κ3) is 3.11. The molecule has 0 aromatic heterocycles. The SMILES string of the molecule is [B]B(B=N)B(C)P. The van der Waals surface area contributed by atoms with E-state index in [1.54, 1.807) is 0 Å². The van der Waals surface area contributed by atoms with E-state index in [2.05, 4.69) is 9.12 Å². The van der Waals surface area contributed by atoms with Crippen molar-refractivity contribution in [2.75, 3.05) is 0 Å². The fraction of sp³-hybridized carbons (Fsp3) is 1.00. The molecule has 6 heteroatoms. The maximum absolute atomic E-state index is 6.68. The second-order valence-electron chi connectivity index (χ2n) is 1.60. The van der Waals surface area contributed by atoms with Gasteiger partial charge in [0.1, 0.15) is 0 Å². The molecule has 0 saturated heterocycles. The van der Waals surface area contributed by atoms with Crippen LogP contribution in [0.3, 0.4) is 0 Å². The maximum atomic E-state index is 6.68. The summed E-state index contributed by atoms with van der Waals surface area (Å²) in [6.07, 6.45) is 0.225. The normalized spacial score (nSPS) is 7.14. The van der Waals surface area contributed by atoms with Crippen LogP contribution in [0.4, 0.5) is 0 Å². The van der Waals surface area contributed by atoms with Gasteiger partial charge < -0.3 is 0 Å². The summed E-state index contributed by atoms with van der Waals surface area (Å²) in [5.74, 6) is 0. The molecule has 32 valence electrons. The van der Waals surface area contributed by atoms with E-state index in [4.69, 9.17) is 13.0 Å².